The molecule has 16 heavy (non-hydrogen) atoms. The first-order valence-electron chi connectivity index (χ1n) is 4.85. The number of amides is 1. The monoisotopic (exact) mass is 222 g/mol. The van der Waals surface area contributed by atoms with E-state index in [2.05, 4.69) is 5.32 Å². The van der Waals surface area contributed by atoms with Gasteiger partial charge in [-0.25, -0.2) is 0 Å². The Bertz CT molecular complexity index is 470. The molecule has 0 unspecified atom stereocenters. The van der Waals surface area contributed by atoms with E-state index < -0.39 is 4.92 Å². The quantitative estimate of drug-likeness (QED) is 0.607. The topological polar surface area (TPSA) is 81.5 Å². The molecule has 1 aromatic rings. The minimum atomic E-state index is -0.458. The molecular weight excluding hydrogens is 212 g/mol. The number of nitro benzene ring substituents is 1. The summed E-state index contributed by atoms with van der Waals surface area (Å²) < 4.78 is 5.18. The van der Waals surface area contributed by atoms with Crippen LogP contribution >= 0.6 is 0 Å². The standard InChI is InChI=1S/C10H10N2O4/c1-2-6-3-9-7(4-8(6)12(14)15)11-10(13)5-16-9/h3-4H,2,5H2,1H3,(H,11,13). The van der Waals surface area contributed by atoms with Crippen molar-refractivity contribution >= 4 is 17.3 Å². The molecule has 0 aliphatic carbocycles. The highest BCUT2D eigenvalue weighted by atomic mass is 16.6. The number of fused-ring (bicyclic) bond motifs is 1. The number of carbonyl (C=O) groups excluding carboxylic acids is 1. The maximum absolute atomic E-state index is 11.1. The summed E-state index contributed by atoms with van der Waals surface area (Å²) in [7, 11) is 0. The molecule has 0 aromatic heterocycles. The highest BCUT2D eigenvalue weighted by molar-refractivity contribution is 5.96. The Hall–Kier alpha value is -2.11. The number of nitrogens with one attached hydrogen (secondary N) is 1. The fraction of sp³-hybridized carbons (Fsp3) is 0.300. The zero-order chi connectivity index (χ0) is 11.7. The van der Waals surface area contributed by atoms with Gasteiger partial charge in [-0.05, 0) is 12.5 Å². The van der Waals surface area contributed by atoms with Crippen molar-refractivity contribution in [3.05, 3.63) is 27.8 Å². The van der Waals surface area contributed by atoms with Gasteiger partial charge in [-0.2, -0.15) is 0 Å². The lowest BCUT2D eigenvalue weighted by Crippen LogP contribution is -2.25. The van der Waals surface area contributed by atoms with Crippen LogP contribution in [0.25, 0.3) is 0 Å². The average molecular weight is 222 g/mol. The maximum Gasteiger partial charge on any atom is 0.274 e. The van der Waals surface area contributed by atoms with E-state index in [0.29, 0.717) is 23.4 Å². The molecule has 1 amide bonds. The minimum absolute atomic E-state index is 0.00653. The van der Waals surface area contributed by atoms with Crippen molar-refractivity contribution in [1.29, 1.82) is 0 Å². The van der Waals surface area contributed by atoms with Crippen LogP contribution in [-0.4, -0.2) is 17.4 Å². The van der Waals surface area contributed by atoms with Gasteiger partial charge in [-0.3, -0.25) is 14.9 Å². The molecule has 0 saturated carbocycles. The van der Waals surface area contributed by atoms with Gasteiger partial charge in [-0.1, -0.05) is 6.92 Å². The summed E-state index contributed by atoms with van der Waals surface area (Å²) in [6.07, 6.45) is 0.543. The lowest BCUT2D eigenvalue weighted by atomic mass is 10.1. The number of benzene rings is 1. The molecule has 0 fully saturated rings. The Morgan fingerprint density at radius 2 is 2.31 bits per heavy atom. The zero-order valence-electron chi connectivity index (χ0n) is 8.65. The molecule has 6 nitrogen and oxygen atoms in total. The summed E-state index contributed by atoms with van der Waals surface area (Å²) >= 11 is 0. The molecule has 1 heterocycles. The first-order valence-corrected chi connectivity index (χ1v) is 4.85. The first-order chi connectivity index (χ1) is 7.61. The predicted molar refractivity (Wildman–Crippen MR) is 56.6 cm³/mol. The van der Waals surface area contributed by atoms with Crippen LogP contribution in [0, 0.1) is 10.1 Å². The second-order valence-electron chi connectivity index (χ2n) is 3.42. The molecule has 0 atom stereocenters. The van der Waals surface area contributed by atoms with E-state index in [9.17, 15) is 14.9 Å². The number of hydrogen-bond donors (Lipinski definition) is 1. The third-order valence-electron chi connectivity index (χ3n) is 2.39. The van der Waals surface area contributed by atoms with Crippen molar-refractivity contribution in [2.45, 2.75) is 13.3 Å². The van der Waals surface area contributed by atoms with Gasteiger partial charge in [0.2, 0.25) is 0 Å². The molecule has 84 valence electrons. The SMILES string of the molecule is CCc1cc2c(cc1[N+](=O)[O-])NC(=O)CO2. The minimum Gasteiger partial charge on any atom is -0.482 e. The van der Waals surface area contributed by atoms with Crippen molar-refractivity contribution in [1.82, 2.24) is 0 Å². The van der Waals surface area contributed by atoms with Gasteiger partial charge in [-0.15, -0.1) is 0 Å². The fourth-order valence-corrected chi connectivity index (χ4v) is 1.61. The Labute approximate surface area is 91.4 Å². The number of hydrogen-bond acceptors (Lipinski definition) is 4. The van der Waals surface area contributed by atoms with E-state index in [4.69, 9.17) is 4.74 Å². The number of ether oxygens (including phenoxy) is 1. The van der Waals surface area contributed by atoms with Gasteiger partial charge < -0.3 is 10.1 Å². The molecule has 0 saturated heterocycles. The predicted octanol–water partition coefficient (Wildman–Crippen LogP) is 1.49. The summed E-state index contributed by atoms with van der Waals surface area (Å²) in [5.74, 6) is 0.188. The van der Waals surface area contributed by atoms with E-state index >= 15 is 0 Å². The fourth-order valence-electron chi connectivity index (χ4n) is 1.61. The molecule has 0 bridgehead atoms. The molecule has 0 radical (unpaired) electrons. The van der Waals surface area contributed by atoms with E-state index in [1.54, 1.807) is 6.07 Å². The summed E-state index contributed by atoms with van der Waals surface area (Å²) in [5.41, 5.74) is 0.965. The maximum atomic E-state index is 11.1. The number of nitrogens with zero attached hydrogens (tertiary/aromatic N) is 1. The number of anilines is 1. The van der Waals surface area contributed by atoms with E-state index in [1.165, 1.54) is 6.07 Å². The summed E-state index contributed by atoms with van der Waals surface area (Å²) in [6, 6.07) is 2.94. The second-order valence-corrected chi connectivity index (χ2v) is 3.42. The zero-order valence-corrected chi connectivity index (χ0v) is 8.65. The van der Waals surface area contributed by atoms with Crippen LogP contribution in [0.4, 0.5) is 11.4 Å². The largest absolute Gasteiger partial charge is 0.482 e. The molecule has 0 spiro atoms. The molecule has 1 N–H and O–H groups in total. The van der Waals surface area contributed by atoms with Gasteiger partial charge >= 0.3 is 0 Å². The summed E-state index contributed by atoms with van der Waals surface area (Å²) in [4.78, 5) is 21.4. The number of aryl methyl sites for hydroxylation is 1. The second kappa shape index (κ2) is 3.80. The Balaban J connectivity index is 2.52. The smallest absolute Gasteiger partial charge is 0.274 e. The molecule has 6 heteroatoms. The Morgan fingerprint density at radius 3 is 2.94 bits per heavy atom. The van der Waals surface area contributed by atoms with Gasteiger partial charge in [0, 0.05) is 11.6 Å². The van der Waals surface area contributed by atoms with Crippen molar-refractivity contribution in [3.8, 4) is 5.75 Å². The number of carbonyl (C=O) groups is 1. The highest BCUT2D eigenvalue weighted by Gasteiger charge is 2.22. The lowest BCUT2D eigenvalue weighted by Gasteiger charge is -2.18. The summed E-state index contributed by atoms with van der Waals surface area (Å²) in [5, 5.41) is 13.3. The van der Waals surface area contributed by atoms with Crippen molar-refractivity contribution < 1.29 is 14.5 Å². The lowest BCUT2D eigenvalue weighted by molar-refractivity contribution is -0.385. The van der Waals surface area contributed by atoms with Gasteiger partial charge in [0.05, 0.1) is 10.6 Å². The van der Waals surface area contributed by atoms with Crippen molar-refractivity contribution in [3.63, 3.8) is 0 Å². The average Bonchev–Trinajstić information content (AvgIpc) is 2.27. The van der Waals surface area contributed by atoms with Crippen LogP contribution in [0.15, 0.2) is 12.1 Å². The van der Waals surface area contributed by atoms with Gasteiger partial charge in [0.15, 0.2) is 6.61 Å². The van der Waals surface area contributed by atoms with E-state index in [0.717, 1.165) is 0 Å². The third kappa shape index (κ3) is 1.69. The van der Waals surface area contributed by atoms with Crippen LogP contribution < -0.4 is 10.1 Å². The van der Waals surface area contributed by atoms with Crippen LogP contribution in [0.3, 0.4) is 0 Å². The van der Waals surface area contributed by atoms with Crippen molar-refractivity contribution in [2.75, 3.05) is 11.9 Å². The van der Waals surface area contributed by atoms with E-state index in [-0.39, 0.29) is 18.2 Å². The highest BCUT2D eigenvalue weighted by Crippen LogP contribution is 2.34. The summed E-state index contributed by atoms with van der Waals surface area (Å²) in [6.45, 7) is 1.78. The van der Waals surface area contributed by atoms with Crippen molar-refractivity contribution in [2.24, 2.45) is 0 Å². The van der Waals surface area contributed by atoms with Gasteiger partial charge in [0.25, 0.3) is 11.6 Å². The Morgan fingerprint density at radius 1 is 1.56 bits per heavy atom. The van der Waals surface area contributed by atoms with Crippen LogP contribution in [0.2, 0.25) is 0 Å². The molecular formula is C10H10N2O4. The number of rotatable bonds is 2. The Kier molecular flexibility index (Phi) is 2.47. The first kappa shape index (κ1) is 10.4. The van der Waals surface area contributed by atoms with Gasteiger partial charge in [0.1, 0.15) is 5.75 Å². The van der Waals surface area contributed by atoms with Crippen LogP contribution in [-0.2, 0) is 11.2 Å². The van der Waals surface area contributed by atoms with Crippen LogP contribution in [0.1, 0.15) is 12.5 Å². The third-order valence-corrected chi connectivity index (χ3v) is 2.39. The molecule has 2 rings (SSSR count). The molecule has 1 aliphatic rings. The van der Waals surface area contributed by atoms with E-state index in [1.807, 2.05) is 6.92 Å². The normalized spacial score (nSPS) is 13.7. The molecule has 1 aromatic carbocycles. The number of nitro groups is 1. The molecule has 1 aliphatic heterocycles. The van der Waals surface area contributed by atoms with Crippen LogP contribution in [0.5, 0.6) is 5.75 Å².